The average molecular weight is 189 g/mol. The Hall–Kier alpha value is -1.24. The van der Waals surface area contributed by atoms with Crippen molar-refractivity contribution < 1.29 is 1.43 Å². The van der Waals surface area contributed by atoms with Gasteiger partial charge in [-0.15, -0.1) is 0 Å². The zero-order chi connectivity index (χ0) is 10.1. The van der Waals surface area contributed by atoms with Crippen molar-refractivity contribution in [3.05, 3.63) is 35.5 Å². The molecule has 1 heterocycles. The summed E-state index contributed by atoms with van der Waals surface area (Å²) in [4.78, 5) is 3.31. The van der Waals surface area contributed by atoms with Gasteiger partial charge >= 0.3 is 0 Å². The van der Waals surface area contributed by atoms with Crippen molar-refractivity contribution in [2.24, 2.45) is 0 Å². The molecular weight excluding hydrogens is 170 g/mol. The predicted molar refractivity (Wildman–Crippen MR) is 63.9 cm³/mol. The monoisotopic (exact) mass is 189 g/mol. The molecule has 1 aromatic carbocycles. The van der Waals surface area contributed by atoms with Gasteiger partial charge in [-0.05, 0) is 35.6 Å². The van der Waals surface area contributed by atoms with E-state index in [1.54, 1.807) is 0 Å². The molecule has 0 aliphatic rings. The Kier molecular flexibility index (Phi) is 2.32. The molecule has 1 heteroatoms. The van der Waals surface area contributed by atoms with Gasteiger partial charge in [-0.3, -0.25) is 0 Å². The Labute approximate surface area is 86.6 Å². The number of rotatable bonds is 2. The molecule has 0 bridgehead atoms. The minimum atomic E-state index is 0. The fourth-order valence-corrected chi connectivity index (χ4v) is 1.85. The summed E-state index contributed by atoms with van der Waals surface area (Å²) < 4.78 is 0. The van der Waals surface area contributed by atoms with E-state index < -0.39 is 0 Å². The van der Waals surface area contributed by atoms with Crippen LogP contribution in [0.1, 0.15) is 39.2 Å². The van der Waals surface area contributed by atoms with Gasteiger partial charge in [-0.25, -0.2) is 0 Å². The summed E-state index contributed by atoms with van der Waals surface area (Å²) in [7, 11) is 0. The average Bonchev–Trinajstić information content (AvgIpc) is 2.59. The second-order valence-corrected chi connectivity index (χ2v) is 4.13. The van der Waals surface area contributed by atoms with Crippen LogP contribution in [-0.2, 0) is 6.42 Å². The molecule has 0 saturated heterocycles. The number of hydrogen-bond acceptors (Lipinski definition) is 0. The molecule has 0 spiro atoms. The third-order valence-corrected chi connectivity index (χ3v) is 2.84. The lowest BCUT2D eigenvalue weighted by Gasteiger charge is -2.05. The van der Waals surface area contributed by atoms with E-state index in [0.717, 1.165) is 6.42 Å². The van der Waals surface area contributed by atoms with E-state index in [1.807, 2.05) is 0 Å². The zero-order valence-electron chi connectivity index (χ0n) is 9.09. The summed E-state index contributed by atoms with van der Waals surface area (Å²) in [5.74, 6) is 0.610. The zero-order valence-corrected chi connectivity index (χ0v) is 9.09. The van der Waals surface area contributed by atoms with E-state index in [1.165, 1.54) is 22.0 Å². The van der Waals surface area contributed by atoms with Gasteiger partial charge in [0.25, 0.3) is 0 Å². The first-order chi connectivity index (χ1) is 6.72. The number of fused-ring (bicyclic) bond motifs is 1. The highest BCUT2D eigenvalue weighted by Crippen LogP contribution is 2.23. The minimum Gasteiger partial charge on any atom is -0.361 e. The van der Waals surface area contributed by atoms with Crippen LogP contribution in [0, 0.1) is 0 Å². The molecule has 0 aliphatic heterocycles. The molecule has 2 aromatic rings. The molecular formula is C13H19N. The van der Waals surface area contributed by atoms with Crippen molar-refractivity contribution in [2.45, 2.75) is 33.1 Å². The lowest BCUT2D eigenvalue weighted by molar-refractivity contribution is 0.868. The van der Waals surface area contributed by atoms with Gasteiger partial charge < -0.3 is 4.98 Å². The van der Waals surface area contributed by atoms with Gasteiger partial charge in [0.1, 0.15) is 0 Å². The minimum absolute atomic E-state index is 0. The summed E-state index contributed by atoms with van der Waals surface area (Å²) >= 11 is 0. The lowest BCUT2D eigenvalue weighted by atomic mass is 10.00. The number of aryl methyl sites for hydroxylation is 1. The quantitative estimate of drug-likeness (QED) is 0.732. The molecule has 76 valence electrons. The maximum atomic E-state index is 3.31. The smallest absolute Gasteiger partial charge is 0.0456 e. The third-order valence-electron chi connectivity index (χ3n) is 2.84. The topological polar surface area (TPSA) is 15.8 Å². The Morgan fingerprint density at radius 3 is 2.79 bits per heavy atom. The molecule has 0 amide bonds. The van der Waals surface area contributed by atoms with Gasteiger partial charge in [-0.2, -0.15) is 0 Å². The molecule has 0 radical (unpaired) electrons. The van der Waals surface area contributed by atoms with Gasteiger partial charge in [0.15, 0.2) is 0 Å². The summed E-state index contributed by atoms with van der Waals surface area (Å²) in [6.45, 7) is 6.67. The molecule has 0 aliphatic carbocycles. The van der Waals surface area contributed by atoms with Crippen LogP contribution in [0.3, 0.4) is 0 Å². The highest BCUT2D eigenvalue weighted by atomic mass is 14.7. The molecule has 1 nitrogen and oxygen atoms in total. The number of hydrogen-bond donors (Lipinski definition) is 1. The first kappa shape index (κ1) is 9.32. The highest BCUT2D eigenvalue weighted by molar-refractivity contribution is 5.84. The molecule has 0 unspecified atom stereocenters. The molecule has 2 rings (SSSR count). The molecule has 0 saturated carbocycles. The number of nitrogens with one attached hydrogen (secondary N) is 1. The van der Waals surface area contributed by atoms with Gasteiger partial charge in [-0.1, -0.05) is 26.8 Å². The van der Waals surface area contributed by atoms with Crippen LogP contribution < -0.4 is 0 Å². The molecule has 0 atom stereocenters. The second kappa shape index (κ2) is 3.49. The van der Waals surface area contributed by atoms with Crippen LogP contribution in [0.25, 0.3) is 10.9 Å². The fourth-order valence-electron chi connectivity index (χ4n) is 1.85. The number of aromatic amines is 1. The van der Waals surface area contributed by atoms with E-state index in [-0.39, 0.29) is 1.43 Å². The number of benzene rings is 1. The summed E-state index contributed by atoms with van der Waals surface area (Å²) in [5.41, 5.74) is 4.10. The summed E-state index contributed by atoms with van der Waals surface area (Å²) in [5, 5.41) is 1.39. The van der Waals surface area contributed by atoms with E-state index in [4.69, 9.17) is 0 Å². The predicted octanol–water partition coefficient (Wildman–Crippen LogP) is 4.10. The number of aromatic nitrogens is 1. The van der Waals surface area contributed by atoms with Crippen LogP contribution >= 0.6 is 0 Å². The Bertz CT molecular complexity index is 443. The van der Waals surface area contributed by atoms with Crippen molar-refractivity contribution >= 4 is 10.9 Å². The van der Waals surface area contributed by atoms with E-state index in [0.29, 0.717) is 5.92 Å². The van der Waals surface area contributed by atoms with Gasteiger partial charge in [0.05, 0.1) is 0 Å². The maximum Gasteiger partial charge on any atom is 0.0456 e. The lowest BCUT2D eigenvalue weighted by Crippen LogP contribution is -1.86. The molecule has 1 aromatic heterocycles. The van der Waals surface area contributed by atoms with Crippen molar-refractivity contribution in [2.75, 3.05) is 0 Å². The fraction of sp³-hybridized carbons (Fsp3) is 0.385. The van der Waals surface area contributed by atoms with Crippen molar-refractivity contribution in [1.29, 1.82) is 0 Å². The van der Waals surface area contributed by atoms with E-state index >= 15 is 0 Å². The molecule has 1 N–H and O–H groups in total. The van der Waals surface area contributed by atoms with Crippen molar-refractivity contribution in [3.63, 3.8) is 0 Å². The van der Waals surface area contributed by atoms with E-state index in [9.17, 15) is 0 Å². The number of H-pyrrole nitrogens is 1. The van der Waals surface area contributed by atoms with Crippen LogP contribution in [0.15, 0.2) is 24.4 Å². The third kappa shape index (κ3) is 1.43. The Morgan fingerprint density at radius 2 is 2.14 bits per heavy atom. The Balaban J connectivity index is 0.00000112. The van der Waals surface area contributed by atoms with Gasteiger partial charge in [0, 0.05) is 18.5 Å². The molecule has 14 heavy (non-hydrogen) atoms. The molecule has 0 fully saturated rings. The maximum absolute atomic E-state index is 3.31. The SMILES string of the molecule is CCc1c[nH]c2ccc(C(C)C)cc12.[HH]. The Morgan fingerprint density at radius 1 is 1.36 bits per heavy atom. The van der Waals surface area contributed by atoms with Crippen LogP contribution in [0.4, 0.5) is 0 Å². The van der Waals surface area contributed by atoms with Crippen LogP contribution in [0.5, 0.6) is 0 Å². The highest BCUT2D eigenvalue weighted by Gasteiger charge is 2.04. The van der Waals surface area contributed by atoms with Crippen molar-refractivity contribution in [3.8, 4) is 0 Å². The largest absolute Gasteiger partial charge is 0.361 e. The summed E-state index contributed by atoms with van der Waals surface area (Å²) in [6, 6.07) is 6.71. The normalized spacial score (nSPS) is 11.4. The summed E-state index contributed by atoms with van der Waals surface area (Å²) in [6.07, 6.45) is 3.22. The van der Waals surface area contributed by atoms with Gasteiger partial charge in [0.2, 0.25) is 0 Å². The van der Waals surface area contributed by atoms with Crippen LogP contribution in [-0.4, -0.2) is 4.98 Å². The second-order valence-electron chi connectivity index (χ2n) is 4.13. The first-order valence-corrected chi connectivity index (χ1v) is 5.32. The van der Waals surface area contributed by atoms with Crippen LogP contribution in [0.2, 0.25) is 0 Å². The van der Waals surface area contributed by atoms with E-state index in [2.05, 4.69) is 50.2 Å². The first-order valence-electron chi connectivity index (χ1n) is 5.32. The van der Waals surface area contributed by atoms with Crippen molar-refractivity contribution in [1.82, 2.24) is 4.98 Å². The standard InChI is InChI=1S/C13H17N.H2/c1-4-10-8-14-13-6-5-11(9(2)3)7-12(10)13;/h5-9,14H,4H2,1-3H3;1H.